The highest BCUT2D eigenvalue weighted by Gasteiger charge is 2.32. The van der Waals surface area contributed by atoms with Crippen LogP contribution in [0.3, 0.4) is 0 Å². The van der Waals surface area contributed by atoms with Crippen LogP contribution in [0.2, 0.25) is 0 Å². The van der Waals surface area contributed by atoms with Gasteiger partial charge < -0.3 is 9.52 Å². The predicted molar refractivity (Wildman–Crippen MR) is 81.5 cm³/mol. The second-order valence-electron chi connectivity index (χ2n) is 6.70. The van der Waals surface area contributed by atoms with Crippen molar-refractivity contribution in [3.63, 3.8) is 0 Å². The number of benzene rings is 1. The monoisotopic (exact) mass is 290 g/mol. The average molecular weight is 290 g/mol. The summed E-state index contributed by atoms with van der Waals surface area (Å²) in [6.07, 6.45) is 2.61. The Balaban J connectivity index is 1.91. The summed E-state index contributed by atoms with van der Waals surface area (Å²) in [5.41, 5.74) is 1.52. The van der Waals surface area contributed by atoms with E-state index in [4.69, 9.17) is 4.42 Å². The number of halogens is 1. The van der Waals surface area contributed by atoms with Crippen LogP contribution in [0, 0.1) is 30.5 Å². The number of hydrogen-bond donors (Lipinski definition) is 1. The fraction of sp³-hybridized carbons (Fsp3) is 0.556. The molecule has 1 heterocycles. The van der Waals surface area contributed by atoms with Gasteiger partial charge in [0, 0.05) is 10.9 Å². The number of aliphatic hydroxyl groups is 1. The van der Waals surface area contributed by atoms with Crippen molar-refractivity contribution in [3.8, 4) is 0 Å². The lowest BCUT2D eigenvalue weighted by molar-refractivity contribution is 0.0413. The first kappa shape index (κ1) is 14.6. The van der Waals surface area contributed by atoms with Gasteiger partial charge in [0.25, 0.3) is 0 Å². The van der Waals surface area contributed by atoms with Gasteiger partial charge in [0.2, 0.25) is 0 Å². The van der Waals surface area contributed by atoms with Gasteiger partial charge in [-0.25, -0.2) is 4.39 Å². The lowest BCUT2D eigenvalue weighted by Crippen LogP contribution is -2.25. The molecule has 2 aromatic rings. The molecule has 1 aliphatic rings. The van der Waals surface area contributed by atoms with E-state index in [1.54, 1.807) is 6.07 Å². The van der Waals surface area contributed by atoms with E-state index in [0.717, 1.165) is 36.1 Å². The number of aryl methyl sites for hydroxylation is 1. The summed E-state index contributed by atoms with van der Waals surface area (Å²) >= 11 is 0. The van der Waals surface area contributed by atoms with Crippen LogP contribution < -0.4 is 0 Å². The second-order valence-corrected chi connectivity index (χ2v) is 6.70. The SMILES string of the molecule is Cc1c(C(O)C2CCC(C)C(C)C2)oc2ccc(F)cc12. The molecule has 1 N–H and O–H groups in total. The topological polar surface area (TPSA) is 33.4 Å². The molecule has 0 aliphatic heterocycles. The molecule has 1 saturated carbocycles. The summed E-state index contributed by atoms with van der Waals surface area (Å²) < 4.78 is 19.2. The third-order valence-electron chi connectivity index (χ3n) is 5.29. The van der Waals surface area contributed by atoms with E-state index in [2.05, 4.69) is 13.8 Å². The lowest BCUT2D eigenvalue weighted by Gasteiger charge is -2.34. The van der Waals surface area contributed by atoms with Gasteiger partial charge in [-0.15, -0.1) is 0 Å². The third kappa shape index (κ3) is 2.59. The van der Waals surface area contributed by atoms with Crippen LogP contribution in [-0.2, 0) is 0 Å². The van der Waals surface area contributed by atoms with Gasteiger partial charge in [-0.1, -0.05) is 20.3 Å². The molecular weight excluding hydrogens is 267 g/mol. The minimum atomic E-state index is -0.588. The van der Waals surface area contributed by atoms with Crippen molar-refractivity contribution < 1.29 is 13.9 Å². The molecule has 3 rings (SSSR count). The van der Waals surface area contributed by atoms with Crippen LogP contribution in [0.4, 0.5) is 4.39 Å². The maximum atomic E-state index is 13.4. The molecule has 4 atom stereocenters. The van der Waals surface area contributed by atoms with Crippen molar-refractivity contribution in [1.82, 2.24) is 0 Å². The van der Waals surface area contributed by atoms with Gasteiger partial charge >= 0.3 is 0 Å². The minimum Gasteiger partial charge on any atom is -0.458 e. The summed E-state index contributed by atoms with van der Waals surface area (Å²) in [6.45, 7) is 6.44. The first-order valence-electron chi connectivity index (χ1n) is 7.84. The molecule has 3 heteroatoms. The van der Waals surface area contributed by atoms with Gasteiger partial charge in [0.05, 0.1) is 0 Å². The zero-order valence-electron chi connectivity index (χ0n) is 12.9. The van der Waals surface area contributed by atoms with Crippen LogP contribution in [-0.4, -0.2) is 5.11 Å². The van der Waals surface area contributed by atoms with Gasteiger partial charge in [-0.05, 0) is 55.7 Å². The number of furan rings is 1. The molecule has 0 saturated heterocycles. The Morgan fingerprint density at radius 3 is 2.71 bits per heavy atom. The van der Waals surface area contributed by atoms with Crippen LogP contribution >= 0.6 is 0 Å². The molecule has 1 aromatic carbocycles. The zero-order valence-corrected chi connectivity index (χ0v) is 12.9. The second kappa shape index (κ2) is 5.45. The Bertz CT molecular complexity index is 646. The quantitative estimate of drug-likeness (QED) is 0.845. The summed E-state index contributed by atoms with van der Waals surface area (Å²) in [5.74, 6) is 1.93. The predicted octanol–water partition coefficient (Wildman–Crippen LogP) is 4.99. The van der Waals surface area contributed by atoms with E-state index in [1.165, 1.54) is 12.1 Å². The maximum absolute atomic E-state index is 13.4. The smallest absolute Gasteiger partial charge is 0.136 e. The Labute approximate surface area is 125 Å². The number of fused-ring (bicyclic) bond motifs is 1. The van der Waals surface area contributed by atoms with Crippen molar-refractivity contribution in [2.24, 2.45) is 17.8 Å². The number of rotatable bonds is 2. The Hall–Kier alpha value is -1.35. The first-order chi connectivity index (χ1) is 9.97. The molecule has 4 unspecified atom stereocenters. The van der Waals surface area contributed by atoms with Crippen molar-refractivity contribution in [3.05, 3.63) is 35.3 Å². The highest BCUT2D eigenvalue weighted by Crippen LogP contribution is 2.42. The number of hydrogen-bond acceptors (Lipinski definition) is 2. The summed E-state index contributed by atoms with van der Waals surface area (Å²) in [4.78, 5) is 0. The van der Waals surface area contributed by atoms with Crippen LogP contribution in [0.5, 0.6) is 0 Å². The first-order valence-corrected chi connectivity index (χ1v) is 7.84. The Morgan fingerprint density at radius 2 is 2.00 bits per heavy atom. The van der Waals surface area contributed by atoms with E-state index in [0.29, 0.717) is 17.3 Å². The van der Waals surface area contributed by atoms with Crippen molar-refractivity contribution in [2.75, 3.05) is 0 Å². The average Bonchev–Trinajstić information content (AvgIpc) is 2.78. The van der Waals surface area contributed by atoms with E-state index in [9.17, 15) is 9.50 Å². The molecule has 1 fully saturated rings. The zero-order chi connectivity index (χ0) is 15.1. The van der Waals surface area contributed by atoms with Crippen LogP contribution in [0.1, 0.15) is 50.5 Å². The summed E-state index contributed by atoms with van der Waals surface area (Å²) in [5, 5.41) is 11.5. The fourth-order valence-electron chi connectivity index (χ4n) is 3.58. The fourth-order valence-corrected chi connectivity index (χ4v) is 3.58. The standard InChI is InChI=1S/C18H23FO2/c1-10-4-5-13(8-11(10)2)17(20)18-12(3)15-9-14(19)6-7-16(15)21-18/h6-7,9-11,13,17,20H,4-5,8H2,1-3H3. The molecular formula is C18H23FO2. The molecule has 0 bridgehead atoms. The van der Waals surface area contributed by atoms with Crippen LogP contribution in [0.15, 0.2) is 22.6 Å². The van der Waals surface area contributed by atoms with Crippen LogP contribution in [0.25, 0.3) is 11.0 Å². The lowest BCUT2D eigenvalue weighted by atomic mass is 9.73. The normalized spacial score (nSPS) is 28.0. The molecule has 1 aromatic heterocycles. The van der Waals surface area contributed by atoms with Gasteiger partial charge in [0.1, 0.15) is 23.3 Å². The van der Waals surface area contributed by atoms with Gasteiger partial charge in [-0.3, -0.25) is 0 Å². The Kier molecular flexibility index (Phi) is 3.78. The van der Waals surface area contributed by atoms with Gasteiger partial charge in [-0.2, -0.15) is 0 Å². The van der Waals surface area contributed by atoms with E-state index in [-0.39, 0.29) is 11.7 Å². The van der Waals surface area contributed by atoms with E-state index in [1.807, 2.05) is 6.92 Å². The number of aliphatic hydroxyl groups excluding tert-OH is 1. The molecule has 1 aliphatic carbocycles. The Morgan fingerprint density at radius 1 is 1.24 bits per heavy atom. The van der Waals surface area contributed by atoms with E-state index >= 15 is 0 Å². The summed E-state index contributed by atoms with van der Waals surface area (Å²) in [6, 6.07) is 4.52. The van der Waals surface area contributed by atoms with Crippen molar-refractivity contribution in [2.45, 2.75) is 46.1 Å². The highest BCUT2D eigenvalue weighted by atomic mass is 19.1. The largest absolute Gasteiger partial charge is 0.458 e. The molecule has 114 valence electrons. The molecule has 0 radical (unpaired) electrons. The van der Waals surface area contributed by atoms with Crippen molar-refractivity contribution >= 4 is 11.0 Å². The minimum absolute atomic E-state index is 0.236. The van der Waals surface area contributed by atoms with Gasteiger partial charge in [0.15, 0.2) is 0 Å². The maximum Gasteiger partial charge on any atom is 0.136 e. The molecule has 0 spiro atoms. The molecule has 0 amide bonds. The van der Waals surface area contributed by atoms with Crippen molar-refractivity contribution in [1.29, 1.82) is 0 Å². The molecule has 2 nitrogen and oxygen atoms in total. The van der Waals surface area contributed by atoms with E-state index < -0.39 is 6.10 Å². The molecule has 21 heavy (non-hydrogen) atoms. The highest BCUT2D eigenvalue weighted by molar-refractivity contribution is 5.82. The third-order valence-corrected chi connectivity index (χ3v) is 5.29. The summed E-state index contributed by atoms with van der Waals surface area (Å²) in [7, 11) is 0.